The summed E-state index contributed by atoms with van der Waals surface area (Å²) in [6.07, 6.45) is 9.70. The molecule has 0 radical (unpaired) electrons. The zero-order chi connectivity index (χ0) is 11.1. The average Bonchev–Trinajstić information content (AvgIpc) is 2.48. The number of allylic oxidation sites excluding steroid dienone is 5. The fourth-order valence-corrected chi connectivity index (χ4v) is 2.94. The fraction of sp³-hybridized carbons (Fsp3) is 0.600. The maximum atomic E-state index is 4.20. The van der Waals surface area contributed by atoms with Crippen molar-refractivity contribution < 1.29 is 0 Å². The van der Waals surface area contributed by atoms with Crippen LogP contribution in [0.4, 0.5) is 0 Å². The normalized spacial score (nSPS) is 36.5. The molecule has 0 N–H and O–H groups in total. The van der Waals surface area contributed by atoms with Gasteiger partial charge in [0.15, 0.2) is 0 Å². The smallest absolute Gasteiger partial charge is 0.00475 e. The second kappa shape index (κ2) is 3.66. The fourth-order valence-electron chi connectivity index (χ4n) is 2.94. The third kappa shape index (κ3) is 1.71. The van der Waals surface area contributed by atoms with Gasteiger partial charge in [-0.05, 0) is 43.9 Å². The SMILES string of the molecule is C=C1CC[C@@](C)(C2=CCC(C)=CC2)[C@H]1C. The highest BCUT2D eigenvalue weighted by Gasteiger charge is 2.40. The van der Waals surface area contributed by atoms with Crippen LogP contribution >= 0.6 is 0 Å². The Morgan fingerprint density at radius 1 is 1.33 bits per heavy atom. The lowest BCUT2D eigenvalue weighted by Gasteiger charge is -2.34. The standard InChI is InChI=1S/C15H22/c1-11-5-7-14(8-6-11)15(4)10-9-12(2)13(15)3/h5,8,13H,2,6-7,9-10H2,1,3-4H3/t13-,15+/m0/s1. The highest BCUT2D eigenvalue weighted by molar-refractivity contribution is 5.31. The third-order valence-corrected chi connectivity index (χ3v) is 4.61. The predicted octanol–water partition coefficient (Wildman–Crippen LogP) is 4.65. The lowest BCUT2D eigenvalue weighted by Crippen LogP contribution is -2.23. The van der Waals surface area contributed by atoms with Crippen LogP contribution in [-0.2, 0) is 0 Å². The Bertz CT molecular complexity index is 343. The Kier molecular flexibility index (Phi) is 2.62. The van der Waals surface area contributed by atoms with Gasteiger partial charge in [-0.3, -0.25) is 0 Å². The quantitative estimate of drug-likeness (QED) is 0.543. The molecule has 15 heavy (non-hydrogen) atoms. The summed E-state index contributed by atoms with van der Waals surface area (Å²) in [5.41, 5.74) is 5.02. The molecular weight excluding hydrogens is 180 g/mol. The van der Waals surface area contributed by atoms with Gasteiger partial charge >= 0.3 is 0 Å². The molecule has 0 nitrogen and oxygen atoms in total. The molecule has 0 aromatic heterocycles. The van der Waals surface area contributed by atoms with E-state index < -0.39 is 0 Å². The van der Waals surface area contributed by atoms with Gasteiger partial charge in [0.1, 0.15) is 0 Å². The van der Waals surface area contributed by atoms with Gasteiger partial charge in [-0.15, -0.1) is 0 Å². The number of hydrogen-bond donors (Lipinski definition) is 0. The van der Waals surface area contributed by atoms with Crippen LogP contribution in [0, 0.1) is 11.3 Å². The molecule has 2 rings (SSSR count). The Hall–Kier alpha value is -0.780. The first-order valence-electron chi connectivity index (χ1n) is 6.07. The molecule has 1 saturated carbocycles. The zero-order valence-corrected chi connectivity index (χ0v) is 10.3. The van der Waals surface area contributed by atoms with Gasteiger partial charge in [0.25, 0.3) is 0 Å². The molecule has 0 heterocycles. The van der Waals surface area contributed by atoms with Crippen molar-refractivity contribution in [2.75, 3.05) is 0 Å². The van der Waals surface area contributed by atoms with Crippen LogP contribution in [0.2, 0.25) is 0 Å². The summed E-state index contributed by atoms with van der Waals surface area (Å²) in [6.45, 7) is 11.2. The minimum Gasteiger partial charge on any atom is -0.0996 e. The first-order valence-corrected chi connectivity index (χ1v) is 6.07. The molecule has 2 aliphatic carbocycles. The van der Waals surface area contributed by atoms with E-state index >= 15 is 0 Å². The Morgan fingerprint density at radius 3 is 2.53 bits per heavy atom. The van der Waals surface area contributed by atoms with Crippen LogP contribution in [0.5, 0.6) is 0 Å². The van der Waals surface area contributed by atoms with E-state index in [-0.39, 0.29) is 0 Å². The summed E-state index contributed by atoms with van der Waals surface area (Å²) in [5.74, 6) is 0.663. The highest BCUT2D eigenvalue weighted by Crippen LogP contribution is 2.52. The van der Waals surface area contributed by atoms with Gasteiger partial charge in [0, 0.05) is 0 Å². The van der Waals surface area contributed by atoms with Crippen LogP contribution in [-0.4, -0.2) is 0 Å². The summed E-state index contributed by atoms with van der Waals surface area (Å²) in [7, 11) is 0. The van der Waals surface area contributed by atoms with Crippen molar-refractivity contribution in [2.24, 2.45) is 11.3 Å². The van der Waals surface area contributed by atoms with Crippen LogP contribution in [0.25, 0.3) is 0 Å². The topological polar surface area (TPSA) is 0 Å². The van der Waals surface area contributed by atoms with E-state index in [1.807, 2.05) is 0 Å². The Balaban J connectivity index is 2.21. The van der Waals surface area contributed by atoms with Crippen molar-refractivity contribution in [1.82, 2.24) is 0 Å². The van der Waals surface area contributed by atoms with Crippen molar-refractivity contribution in [3.63, 3.8) is 0 Å². The summed E-state index contributed by atoms with van der Waals surface area (Å²) >= 11 is 0. The van der Waals surface area contributed by atoms with Crippen molar-refractivity contribution in [3.8, 4) is 0 Å². The molecular formula is C15H22. The Morgan fingerprint density at radius 2 is 2.07 bits per heavy atom. The molecule has 2 atom stereocenters. The maximum absolute atomic E-state index is 4.20. The third-order valence-electron chi connectivity index (χ3n) is 4.61. The monoisotopic (exact) mass is 202 g/mol. The van der Waals surface area contributed by atoms with Crippen molar-refractivity contribution in [3.05, 3.63) is 35.5 Å². The van der Waals surface area contributed by atoms with Gasteiger partial charge in [-0.1, -0.05) is 49.3 Å². The minimum atomic E-state index is 0.397. The van der Waals surface area contributed by atoms with Gasteiger partial charge in [-0.25, -0.2) is 0 Å². The first kappa shape index (κ1) is 10.7. The van der Waals surface area contributed by atoms with E-state index in [4.69, 9.17) is 0 Å². The molecule has 0 aliphatic heterocycles. The van der Waals surface area contributed by atoms with Gasteiger partial charge in [0.05, 0.1) is 0 Å². The van der Waals surface area contributed by atoms with Crippen LogP contribution in [0.1, 0.15) is 46.5 Å². The van der Waals surface area contributed by atoms with Gasteiger partial charge in [-0.2, -0.15) is 0 Å². The number of rotatable bonds is 1. The molecule has 0 unspecified atom stereocenters. The molecule has 0 bridgehead atoms. The molecule has 0 heteroatoms. The lowest BCUT2D eigenvalue weighted by molar-refractivity contribution is 0.321. The van der Waals surface area contributed by atoms with Crippen molar-refractivity contribution >= 4 is 0 Å². The second-order valence-corrected chi connectivity index (χ2v) is 5.49. The van der Waals surface area contributed by atoms with E-state index in [1.54, 1.807) is 5.57 Å². The number of hydrogen-bond acceptors (Lipinski definition) is 0. The molecule has 0 amide bonds. The summed E-state index contributed by atoms with van der Waals surface area (Å²) < 4.78 is 0. The summed E-state index contributed by atoms with van der Waals surface area (Å²) in [5, 5.41) is 0. The van der Waals surface area contributed by atoms with Crippen LogP contribution in [0.3, 0.4) is 0 Å². The molecule has 0 saturated heterocycles. The molecule has 0 aromatic carbocycles. The molecule has 0 aromatic rings. The molecule has 0 spiro atoms. The second-order valence-electron chi connectivity index (χ2n) is 5.49. The van der Waals surface area contributed by atoms with E-state index in [9.17, 15) is 0 Å². The molecule has 82 valence electrons. The molecule has 1 fully saturated rings. The van der Waals surface area contributed by atoms with Crippen molar-refractivity contribution in [1.29, 1.82) is 0 Å². The van der Waals surface area contributed by atoms with E-state index in [0.29, 0.717) is 11.3 Å². The van der Waals surface area contributed by atoms with E-state index in [1.165, 1.54) is 30.4 Å². The lowest BCUT2D eigenvalue weighted by atomic mass is 9.71. The summed E-state index contributed by atoms with van der Waals surface area (Å²) in [6, 6.07) is 0. The largest absolute Gasteiger partial charge is 0.0996 e. The highest BCUT2D eigenvalue weighted by atomic mass is 14.4. The first-order chi connectivity index (χ1) is 7.04. The minimum absolute atomic E-state index is 0.397. The van der Waals surface area contributed by atoms with Gasteiger partial charge < -0.3 is 0 Å². The van der Waals surface area contributed by atoms with Gasteiger partial charge in [0.2, 0.25) is 0 Å². The Labute approximate surface area is 93.8 Å². The average molecular weight is 202 g/mol. The van der Waals surface area contributed by atoms with E-state index in [2.05, 4.69) is 39.5 Å². The van der Waals surface area contributed by atoms with Crippen LogP contribution < -0.4 is 0 Å². The van der Waals surface area contributed by atoms with E-state index in [0.717, 1.165) is 6.42 Å². The summed E-state index contributed by atoms with van der Waals surface area (Å²) in [4.78, 5) is 0. The molecule has 2 aliphatic rings. The van der Waals surface area contributed by atoms with Crippen LogP contribution in [0.15, 0.2) is 35.5 Å². The van der Waals surface area contributed by atoms with Crippen molar-refractivity contribution in [2.45, 2.75) is 46.5 Å². The maximum Gasteiger partial charge on any atom is -0.00475 e. The predicted molar refractivity (Wildman–Crippen MR) is 66.7 cm³/mol. The zero-order valence-electron chi connectivity index (χ0n) is 10.3.